The fourth-order valence-electron chi connectivity index (χ4n) is 3.13. The minimum atomic E-state index is -0.916. The van der Waals surface area contributed by atoms with Gasteiger partial charge in [0.1, 0.15) is 0 Å². The molecule has 0 unspecified atom stereocenters. The molecule has 0 radical (unpaired) electrons. The van der Waals surface area contributed by atoms with E-state index in [0.29, 0.717) is 0 Å². The summed E-state index contributed by atoms with van der Waals surface area (Å²) < 4.78 is 9.86. The largest absolute Gasteiger partial charge is 4.00 e. The molecule has 0 aliphatic heterocycles. The van der Waals surface area contributed by atoms with Gasteiger partial charge >= 0.3 is 21.7 Å². The van der Waals surface area contributed by atoms with Gasteiger partial charge in [-0.1, -0.05) is 80.4 Å². The van der Waals surface area contributed by atoms with Gasteiger partial charge in [0.15, 0.2) is 9.57 Å². The minimum absolute atomic E-state index is 0. The average Bonchev–Trinajstić information content (AvgIpc) is 3.00. The summed E-state index contributed by atoms with van der Waals surface area (Å²) in [6.45, 7) is 5.79. The van der Waals surface area contributed by atoms with Crippen molar-refractivity contribution in [2.75, 3.05) is 0 Å². The molecule has 0 N–H and O–H groups in total. The summed E-state index contributed by atoms with van der Waals surface area (Å²) >= 11 is 0. The van der Waals surface area contributed by atoms with E-state index < -0.39 is 9.57 Å². The van der Waals surface area contributed by atoms with Gasteiger partial charge in [0.25, 0.3) is 0 Å². The van der Waals surface area contributed by atoms with Crippen LogP contribution in [0.1, 0.15) is 31.9 Å². The molecule has 2 nitrogen and oxygen atoms in total. The van der Waals surface area contributed by atoms with Crippen molar-refractivity contribution in [3.8, 4) is 22.3 Å². The quantitative estimate of drug-likeness (QED) is 0.258. The monoisotopic (exact) mass is 423 g/mol. The molecule has 0 aromatic heterocycles. The molecule has 0 heterocycles. The first-order valence-electron chi connectivity index (χ1n) is 8.57. The van der Waals surface area contributed by atoms with Crippen LogP contribution in [0.5, 0.6) is 0 Å². The van der Waals surface area contributed by atoms with E-state index in [0.717, 1.165) is 6.42 Å². The molecule has 28 heavy (non-hydrogen) atoms. The van der Waals surface area contributed by atoms with Crippen LogP contribution >= 0.6 is 0 Å². The summed E-state index contributed by atoms with van der Waals surface area (Å²) in [7, 11) is -0.916. The van der Waals surface area contributed by atoms with Crippen LogP contribution in [0.4, 0.5) is 0 Å². The fraction of sp³-hybridized carbons (Fsp3) is 0.208. The van der Waals surface area contributed by atoms with Crippen LogP contribution in [-0.4, -0.2) is 15.1 Å². The smallest absolute Gasteiger partial charge is 0.665 e. The molecule has 0 bridgehead atoms. The van der Waals surface area contributed by atoms with Gasteiger partial charge in [-0.3, -0.25) is 0 Å². The van der Waals surface area contributed by atoms with Crippen LogP contribution in [-0.2, 0) is 32.6 Å². The second-order valence-corrected chi connectivity index (χ2v) is 7.72. The Kier molecular flexibility index (Phi) is 10.7. The van der Waals surface area contributed by atoms with Gasteiger partial charge in [0.05, 0.1) is 0 Å². The normalized spacial score (nSPS) is 10.5. The molecule has 4 rings (SSSR count). The number of benzene rings is 2. The van der Waals surface area contributed by atoms with Crippen molar-refractivity contribution < 1.29 is 26.2 Å². The summed E-state index contributed by atoms with van der Waals surface area (Å²) in [5.41, 5.74) is 8.26. The maximum atomic E-state index is 9.86. The van der Waals surface area contributed by atoms with Crippen LogP contribution in [0, 0.1) is 14.9 Å². The Morgan fingerprint density at radius 3 is 1.61 bits per heavy atom. The van der Waals surface area contributed by atoms with E-state index in [9.17, 15) is 4.46 Å². The first-order valence-corrected chi connectivity index (χ1v) is 9.56. The first-order chi connectivity index (χ1) is 12.0. The third-order valence-corrected chi connectivity index (χ3v) is 5.13. The van der Waals surface area contributed by atoms with Crippen molar-refractivity contribution in [2.45, 2.75) is 32.7 Å². The molecule has 3 aromatic carbocycles. The standard InChI is InChI=1S/C18H13.C4H10NOSi.2CH3.Ti/c1-3-8-15-13(6-1)12-14-7-2-4-9-16(14)18-11-5-10-17(15)18;1-4(2,3)5-7-6;;;/h1-11H,12H2;7H,1-3H3;2*1H3;/q4*-1;+4. The Balaban J connectivity index is 0.000000644. The van der Waals surface area contributed by atoms with Crippen molar-refractivity contribution in [2.24, 2.45) is 0 Å². The maximum absolute atomic E-state index is 9.86. The van der Waals surface area contributed by atoms with E-state index in [1.165, 1.54) is 33.4 Å². The van der Waals surface area contributed by atoms with E-state index in [1.807, 2.05) is 20.8 Å². The molecule has 1 aliphatic carbocycles. The Labute approximate surface area is 188 Å². The molecule has 0 saturated carbocycles. The van der Waals surface area contributed by atoms with Gasteiger partial charge < -0.3 is 24.3 Å². The van der Waals surface area contributed by atoms with E-state index in [1.54, 1.807) is 0 Å². The minimum Gasteiger partial charge on any atom is -0.665 e. The van der Waals surface area contributed by atoms with Gasteiger partial charge in [-0.2, -0.15) is 29.3 Å². The van der Waals surface area contributed by atoms with E-state index in [-0.39, 0.29) is 42.1 Å². The number of fused-ring (bicyclic) bond motifs is 5. The average molecular weight is 423 g/mol. The second kappa shape index (κ2) is 11.4. The molecule has 0 spiro atoms. The third kappa shape index (κ3) is 6.16. The first kappa shape index (κ1) is 26.3. The summed E-state index contributed by atoms with van der Waals surface area (Å²) in [5, 5.41) is 0. The van der Waals surface area contributed by atoms with Crippen LogP contribution in [0.2, 0.25) is 0 Å². The molecular formula is C24H29NOSiTi. The van der Waals surface area contributed by atoms with Gasteiger partial charge in [-0.25, -0.2) is 0 Å². The van der Waals surface area contributed by atoms with Crippen LogP contribution in [0.15, 0.2) is 66.7 Å². The van der Waals surface area contributed by atoms with Crippen LogP contribution in [0.25, 0.3) is 27.2 Å². The molecule has 0 saturated heterocycles. The summed E-state index contributed by atoms with van der Waals surface area (Å²) in [5.74, 6) is 0. The molecular weight excluding hydrogens is 394 g/mol. The molecule has 3 aromatic rings. The maximum Gasteiger partial charge on any atom is 4.00 e. The Bertz CT molecular complexity index is 820. The van der Waals surface area contributed by atoms with Crippen molar-refractivity contribution in [3.05, 3.63) is 97.7 Å². The number of nitrogens with zero attached hydrogens (tertiary/aromatic N) is 1. The number of hydrogen-bond donors (Lipinski definition) is 0. The zero-order valence-electron chi connectivity index (χ0n) is 17.5. The third-order valence-electron chi connectivity index (χ3n) is 4.25. The summed E-state index contributed by atoms with van der Waals surface area (Å²) in [6.07, 6.45) is 1.03. The van der Waals surface area contributed by atoms with Crippen molar-refractivity contribution in [1.82, 2.24) is 0 Å². The molecule has 144 valence electrons. The van der Waals surface area contributed by atoms with Gasteiger partial charge in [-0.05, 0) is 17.5 Å². The number of hydrogen-bond acceptors (Lipinski definition) is 1. The van der Waals surface area contributed by atoms with E-state index >= 15 is 0 Å². The predicted molar refractivity (Wildman–Crippen MR) is 119 cm³/mol. The fourth-order valence-corrected chi connectivity index (χ4v) is 3.44. The van der Waals surface area contributed by atoms with Gasteiger partial charge in [-0.15, -0.1) is 5.54 Å². The molecule has 4 heteroatoms. The topological polar surface area (TPSA) is 31.2 Å². The van der Waals surface area contributed by atoms with Crippen LogP contribution < -0.4 is 0 Å². The Morgan fingerprint density at radius 2 is 1.25 bits per heavy atom. The van der Waals surface area contributed by atoms with Crippen LogP contribution in [0.3, 0.4) is 0 Å². The second-order valence-electron chi connectivity index (χ2n) is 7.25. The summed E-state index contributed by atoms with van der Waals surface area (Å²) in [4.78, 5) is 3.78. The predicted octanol–water partition coefficient (Wildman–Crippen LogP) is 6.40. The van der Waals surface area contributed by atoms with Gasteiger partial charge in [0, 0.05) is 0 Å². The molecule has 0 amide bonds. The van der Waals surface area contributed by atoms with Gasteiger partial charge in [0.2, 0.25) is 0 Å². The van der Waals surface area contributed by atoms with Crippen molar-refractivity contribution >= 4 is 9.57 Å². The summed E-state index contributed by atoms with van der Waals surface area (Å²) in [6, 6.07) is 24.1. The van der Waals surface area contributed by atoms with E-state index in [2.05, 4.69) is 71.7 Å². The molecule has 1 aliphatic rings. The zero-order valence-corrected chi connectivity index (χ0v) is 20.2. The number of rotatable bonds is 1. The Hall–Kier alpha value is -1.68. The van der Waals surface area contributed by atoms with Crippen molar-refractivity contribution in [3.63, 3.8) is 0 Å². The zero-order chi connectivity index (χ0) is 17.9. The SMILES string of the molecule is CC(C)(C)[N-][SiH]=O.[CH3-].[CH3-].[Ti+4].c1ccc2c(c1)Cc1ccccc1-c1c[cH-]cc1-2. The molecule has 0 fully saturated rings. The van der Waals surface area contributed by atoms with E-state index in [4.69, 9.17) is 0 Å². The molecule has 0 atom stereocenters. The van der Waals surface area contributed by atoms with Crippen molar-refractivity contribution in [1.29, 1.82) is 0 Å². The Morgan fingerprint density at radius 1 is 0.821 bits per heavy atom.